The van der Waals surface area contributed by atoms with E-state index in [1.54, 1.807) is 12.1 Å². The number of benzene rings is 1. The molecule has 14 heavy (non-hydrogen) atoms. The van der Waals surface area contributed by atoms with E-state index in [0.717, 1.165) is 0 Å². The molecule has 1 unspecified atom stereocenters. The minimum atomic E-state index is -0.354. The van der Waals surface area contributed by atoms with Crippen molar-refractivity contribution < 1.29 is 9.13 Å². The fourth-order valence-electron chi connectivity index (χ4n) is 1.69. The average Bonchev–Trinajstić information content (AvgIpc) is 2.47. The predicted octanol–water partition coefficient (Wildman–Crippen LogP) is 2.22. The van der Waals surface area contributed by atoms with Gasteiger partial charge >= 0.3 is 0 Å². The van der Waals surface area contributed by atoms with Crippen LogP contribution >= 0.6 is 0 Å². The maximum atomic E-state index is 13.4. The van der Waals surface area contributed by atoms with Gasteiger partial charge in [-0.2, -0.15) is 0 Å². The van der Waals surface area contributed by atoms with Gasteiger partial charge in [0.15, 0.2) is 0 Å². The van der Waals surface area contributed by atoms with Gasteiger partial charge in [-0.25, -0.2) is 4.39 Å². The fraction of sp³-hybridized carbons (Fsp3) is 0.455. The Balaban J connectivity index is 2.22. The number of halogens is 1. The Morgan fingerprint density at radius 1 is 1.43 bits per heavy atom. The molecule has 1 fully saturated rings. The molecule has 0 aliphatic carbocycles. The molecule has 3 heteroatoms. The van der Waals surface area contributed by atoms with Crippen LogP contribution in [-0.4, -0.2) is 12.3 Å². The van der Waals surface area contributed by atoms with E-state index in [4.69, 9.17) is 4.74 Å². The van der Waals surface area contributed by atoms with E-state index in [1.165, 1.54) is 6.07 Å². The SMILES string of the molecule is CC1(C)NCC(c2ccccc2F)O1. The molecule has 0 radical (unpaired) electrons. The van der Waals surface area contributed by atoms with Gasteiger partial charge in [-0.3, -0.25) is 5.32 Å². The first-order chi connectivity index (χ1) is 6.58. The number of hydrogen-bond acceptors (Lipinski definition) is 2. The lowest BCUT2D eigenvalue weighted by molar-refractivity contribution is -0.0252. The molecule has 1 atom stereocenters. The Labute approximate surface area is 83.1 Å². The van der Waals surface area contributed by atoms with Crippen molar-refractivity contribution in [3.8, 4) is 0 Å². The highest BCUT2D eigenvalue weighted by molar-refractivity contribution is 5.21. The molecule has 1 aliphatic heterocycles. The second-order valence-corrected chi connectivity index (χ2v) is 4.02. The van der Waals surface area contributed by atoms with Gasteiger partial charge in [-0.15, -0.1) is 0 Å². The maximum Gasteiger partial charge on any atom is 0.129 e. The summed E-state index contributed by atoms with van der Waals surface area (Å²) in [6.07, 6.45) is -0.175. The number of rotatable bonds is 1. The molecule has 0 spiro atoms. The van der Waals surface area contributed by atoms with Gasteiger partial charge in [0.2, 0.25) is 0 Å². The molecule has 0 amide bonds. The van der Waals surface area contributed by atoms with Crippen LogP contribution < -0.4 is 5.32 Å². The van der Waals surface area contributed by atoms with Crippen molar-refractivity contribution >= 4 is 0 Å². The zero-order chi connectivity index (χ0) is 10.2. The van der Waals surface area contributed by atoms with Crippen LogP contribution in [0.2, 0.25) is 0 Å². The quantitative estimate of drug-likeness (QED) is 0.742. The van der Waals surface area contributed by atoms with Crippen molar-refractivity contribution in [2.24, 2.45) is 0 Å². The summed E-state index contributed by atoms with van der Waals surface area (Å²) in [6.45, 7) is 4.54. The summed E-state index contributed by atoms with van der Waals surface area (Å²) < 4.78 is 19.1. The van der Waals surface area contributed by atoms with Crippen LogP contribution in [0.15, 0.2) is 24.3 Å². The Bertz CT molecular complexity index is 338. The molecule has 0 bridgehead atoms. The molecule has 1 aromatic rings. The van der Waals surface area contributed by atoms with Gasteiger partial charge in [-0.05, 0) is 19.9 Å². The molecule has 1 N–H and O–H groups in total. The number of nitrogens with one attached hydrogen (secondary N) is 1. The number of ether oxygens (including phenoxy) is 1. The summed E-state index contributed by atoms with van der Waals surface area (Å²) >= 11 is 0. The molecule has 1 aliphatic rings. The van der Waals surface area contributed by atoms with E-state index in [0.29, 0.717) is 12.1 Å². The summed E-state index contributed by atoms with van der Waals surface area (Å²) in [7, 11) is 0. The fourth-order valence-corrected chi connectivity index (χ4v) is 1.69. The third-order valence-corrected chi connectivity index (χ3v) is 2.40. The minimum Gasteiger partial charge on any atom is -0.352 e. The molecule has 1 aromatic carbocycles. The second-order valence-electron chi connectivity index (χ2n) is 4.02. The summed E-state index contributed by atoms with van der Waals surface area (Å²) in [5.41, 5.74) is 0.276. The smallest absolute Gasteiger partial charge is 0.129 e. The lowest BCUT2D eigenvalue weighted by atomic mass is 10.1. The Morgan fingerprint density at radius 3 is 2.71 bits per heavy atom. The van der Waals surface area contributed by atoms with Crippen LogP contribution in [0.4, 0.5) is 4.39 Å². The summed E-state index contributed by atoms with van der Waals surface area (Å²) in [5.74, 6) is -0.197. The lowest BCUT2D eigenvalue weighted by Gasteiger charge is -2.18. The Hall–Kier alpha value is -0.930. The minimum absolute atomic E-state index is 0.175. The highest BCUT2D eigenvalue weighted by atomic mass is 19.1. The van der Waals surface area contributed by atoms with Gasteiger partial charge in [0.1, 0.15) is 17.6 Å². The molecule has 1 saturated heterocycles. The third-order valence-electron chi connectivity index (χ3n) is 2.40. The van der Waals surface area contributed by atoms with E-state index in [9.17, 15) is 4.39 Å². The van der Waals surface area contributed by atoms with E-state index in [1.807, 2.05) is 19.9 Å². The Kier molecular flexibility index (Phi) is 2.29. The zero-order valence-electron chi connectivity index (χ0n) is 8.38. The average molecular weight is 195 g/mol. The van der Waals surface area contributed by atoms with Crippen molar-refractivity contribution in [3.05, 3.63) is 35.6 Å². The number of hydrogen-bond donors (Lipinski definition) is 1. The first kappa shape index (κ1) is 9.62. The van der Waals surface area contributed by atoms with Crippen LogP contribution in [-0.2, 0) is 4.74 Å². The van der Waals surface area contributed by atoms with Gasteiger partial charge in [0.05, 0.1) is 0 Å². The van der Waals surface area contributed by atoms with Crippen molar-refractivity contribution in [1.82, 2.24) is 5.32 Å². The lowest BCUT2D eigenvalue weighted by Crippen LogP contribution is -2.33. The predicted molar refractivity (Wildman–Crippen MR) is 52.3 cm³/mol. The summed E-state index contributed by atoms with van der Waals surface area (Å²) in [5, 5.41) is 3.18. The molecule has 1 heterocycles. The van der Waals surface area contributed by atoms with Crippen LogP contribution in [0.5, 0.6) is 0 Å². The van der Waals surface area contributed by atoms with Crippen LogP contribution in [0, 0.1) is 5.82 Å². The topological polar surface area (TPSA) is 21.3 Å². The third kappa shape index (κ3) is 1.79. The van der Waals surface area contributed by atoms with E-state index < -0.39 is 0 Å². The Morgan fingerprint density at radius 2 is 2.14 bits per heavy atom. The first-order valence-electron chi connectivity index (χ1n) is 4.76. The van der Waals surface area contributed by atoms with E-state index in [-0.39, 0.29) is 17.6 Å². The summed E-state index contributed by atoms with van der Waals surface area (Å²) in [4.78, 5) is 0. The highest BCUT2D eigenvalue weighted by Gasteiger charge is 2.32. The van der Waals surface area contributed by atoms with Crippen molar-refractivity contribution in [2.45, 2.75) is 25.7 Å². The van der Waals surface area contributed by atoms with Gasteiger partial charge < -0.3 is 4.74 Å². The summed E-state index contributed by atoms with van der Waals surface area (Å²) in [6, 6.07) is 6.74. The van der Waals surface area contributed by atoms with E-state index >= 15 is 0 Å². The molecule has 0 saturated carbocycles. The van der Waals surface area contributed by atoms with Crippen molar-refractivity contribution in [1.29, 1.82) is 0 Å². The van der Waals surface area contributed by atoms with Gasteiger partial charge in [-0.1, -0.05) is 18.2 Å². The molecule has 2 rings (SSSR count). The molecule has 0 aromatic heterocycles. The maximum absolute atomic E-state index is 13.4. The standard InChI is InChI=1S/C11H14FNO/c1-11(2)13-7-10(14-11)8-5-3-4-6-9(8)12/h3-6,10,13H,7H2,1-2H3. The van der Waals surface area contributed by atoms with Crippen LogP contribution in [0.1, 0.15) is 25.5 Å². The van der Waals surface area contributed by atoms with Gasteiger partial charge in [0.25, 0.3) is 0 Å². The van der Waals surface area contributed by atoms with Crippen molar-refractivity contribution in [2.75, 3.05) is 6.54 Å². The monoisotopic (exact) mass is 195 g/mol. The highest BCUT2D eigenvalue weighted by Crippen LogP contribution is 2.29. The molecular formula is C11H14FNO. The van der Waals surface area contributed by atoms with Gasteiger partial charge in [0, 0.05) is 12.1 Å². The van der Waals surface area contributed by atoms with Crippen LogP contribution in [0.25, 0.3) is 0 Å². The zero-order valence-corrected chi connectivity index (χ0v) is 8.38. The van der Waals surface area contributed by atoms with E-state index in [2.05, 4.69) is 5.32 Å². The normalized spacial score (nSPS) is 25.2. The van der Waals surface area contributed by atoms with Crippen LogP contribution in [0.3, 0.4) is 0 Å². The van der Waals surface area contributed by atoms with Crippen molar-refractivity contribution in [3.63, 3.8) is 0 Å². The second kappa shape index (κ2) is 3.33. The largest absolute Gasteiger partial charge is 0.352 e. The molecule has 76 valence electrons. The molecular weight excluding hydrogens is 181 g/mol. The first-order valence-corrected chi connectivity index (χ1v) is 4.76. The molecule has 2 nitrogen and oxygen atoms in total.